The number of nitrogens with one attached hydrogen (secondary N) is 2. The van der Waals surface area contributed by atoms with E-state index in [2.05, 4.69) is 5.32 Å². The summed E-state index contributed by atoms with van der Waals surface area (Å²) in [6.07, 6.45) is 0. The summed E-state index contributed by atoms with van der Waals surface area (Å²) in [6, 6.07) is 8.46. The van der Waals surface area contributed by atoms with Gasteiger partial charge < -0.3 is 5.32 Å². The van der Waals surface area contributed by atoms with E-state index >= 15 is 0 Å². The largest absolute Gasteiger partial charge is 0.331 e. The minimum absolute atomic E-state index is 0.425. The molecular formula is C16H13ClF2N2O2. The van der Waals surface area contributed by atoms with Crippen LogP contribution in [0.2, 0.25) is 5.02 Å². The molecule has 0 fully saturated rings. The Morgan fingerprint density at radius 3 is 2.17 bits per heavy atom. The minimum atomic E-state index is -1.15. The fourth-order valence-corrected chi connectivity index (χ4v) is 2.07. The summed E-state index contributed by atoms with van der Waals surface area (Å²) in [5.41, 5.74) is -0.0455. The zero-order valence-corrected chi connectivity index (χ0v) is 12.8. The predicted octanol–water partition coefficient (Wildman–Crippen LogP) is 3.82. The van der Waals surface area contributed by atoms with Crippen molar-refractivity contribution in [3.05, 3.63) is 70.2 Å². The number of carbonyl (C=O) groups is 2. The molecule has 0 saturated heterocycles. The van der Waals surface area contributed by atoms with Crippen LogP contribution in [0.4, 0.5) is 13.6 Å². The number of benzene rings is 2. The van der Waals surface area contributed by atoms with Crippen LogP contribution < -0.4 is 10.6 Å². The first-order valence-electron chi connectivity index (χ1n) is 6.70. The van der Waals surface area contributed by atoms with Crippen molar-refractivity contribution >= 4 is 23.5 Å². The van der Waals surface area contributed by atoms with Gasteiger partial charge in [0.15, 0.2) is 0 Å². The van der Waals surface area contributed by atoms with E-state index < -0.39 is 35.2 Å². The van der Waals surface area contributed by atoms with Crippen LogP contribution in [0, 0.1) is 11.6 Å². The van der Waals surface area contributed by atoms with Crippen LogP contribution in [0.3, 0.4) is 0 Å². The van der Waals surface area contributed by atoms with Crippen molar-refractivity contribution < 1.29 is 18.4 Å². The van der Waals surface area contributed by atoms with E-state index in [4.69, 9.17) is 11.6 Å². The molecule has 23 heavy (non-hydrogen) atoms. The number of hydrogen-bond acceptors (Lipinski definition) is 2. The van der Waals surface area contributed by atoms with Crippen LogP contribution in [-0.4, -0.2) is 11.9 Å². The Labute approximate surface area is 136 Å². The molecule has 4 nitrogen and oxygen atoms in total. The Balaban J connectivity index is 2.02. The number of amides is 3. The lowest BCUT2D eigenvalue weighted by Crippen LogP contribution is -2.41. The van der Waals surface area contributed by atoms with Gasteiger partial charge in [0.1, 0.15) is 17.2 Å². The minimum Gasteiger partial charge on any atom is -0.331 e. The van der Waals surface area contributed by atoms with Crippen molar-refractivity contribution in [2.75, 3.05) is 0 Å². The molecule has 0 spiro atoms. The number of urea groups is 1. The average Bonchev–Trinajstić information content (AvgIpc) is 2.47. The number of carbonyl (C=O) groups excluding carboxylic acids is 2. The average molecular weight is 339 g/mol. The van der Waals surface area contributed by atoms with Crippen molar-refractivity contribution in [3.8, 4) is 0 Å². The first-order chi connectivity index (χ1) is 10.9. The zero-order valence-electron chi connectivity index (χ0n) is 12.1. The third-order valence-corrected chi connectivity index (χ3v) is 3.39. The van der Waals surface area contributed by atoms with Crippen LogP contribution >= 0.6 is 11.6 Å². The van der Waals surface area contributed by atoms with Crippen molar-refractivity contribution in [1.82, 2.24) is 10.6 Å². The smallest absolute Gasteiger partial charge is 0.322 e. The molecule has 1 atom stereocenters. The molecule has 120 valence electrons. The lowest BCUT2D eigenvalue weighted by Gasteiger charge is -2.15. The lowest BCUT2D eigenvalue weighted by atomic mass is 10.1. The lowest BCUT2D eigenvalue weighted by molar-refractivity contribution is 0.0955. The second-order valence-corrected chi connectivity index (χ2v) is 5.23. The summed E-state index contributed by atoms with van der Waals surface area (Å²) in [5.74, 6) is -3.23. The van der Waals surface area contributed by atoms with Crippen LogP contribution in [0.25, 0.3) is 0 Å². The summed E-state index contributed by atoms with van der Waals surface area (Å²) in [7, 11) is 0. The Hall–Kier alpha value is -2.47. The summed E-state index contributed by atoms with van der Waals surface area (Å²) in [5, 5.41) is 4.94. The number of rotatable bonds is 3. The maximum atomic E-state index is 13.5. The zero-order chi connectivity index (χ0) is 17.0. The van der Waals surface area contributed by atoms with Crippen LogP contribution in [0.1, 0.15) is 28.9 Å². The molecule has 0 saturated carbocycles. The van der Waals surface area contributed by atoms with Gasteiger partial charge in [0, 0.05) is 5.02 Å². The Kier molecular flexibility index (Phi) is 5.28. The first kappa shape index (κ1) is 16.9. The van der Waals surface area contributed by atoms with Crippen molar-refractivity contribution in [2.24, 2.45) is 0 Å². The molecule has 0 aliphatic rings. The summed E-state index contributed by atoms with van der Waals surface area (Å²) in [6.45, 7) is 1.69. The SMILES string of the molecule is CC(NC(=O)NC(=O)c1c(F)cccc1F)c1ccc(Cl)cc1. The molecule has 0 aliphatic heterocycles. The quantitative estimate of drug-likeness (QED) is 0.893. The van der Waals surface area contributed by atoms with Gasteiger partial charge in [-0.3, -0.25) is 10.1 Å². The van der Waals surface area contributed by atoms with Gasteiger partial charge in [-0.2, -0.15) is 0 Å². The summed E-state index contributed by atoms with van der Waals surface area (Å²) >= 11 is 5.77. The van der Waals surface area contributed by atoms with Crippen molar-refractivity contribution in [3.63, 3.8) is 0 Å². The number of hydrogen-bond donors (Lipinski definition) is 2. The van der Waals surface area contributed by atoms with Crippen molar-refractivity contribution in [2.45, 2.75) is 13.0 Å². The maximum absolute atomic E-state index is 13.5. The van der Waals surface area contributed by atoms with E-state index in [1.165, 1.54) is 0 Å². The fourth-order valence-electron chi connectivity index (χ4n) is 1.95. The third-order valence-electron chi connectivity index (χ3n) is 3.13. The molecule has 0 aromatic heterocycles. The van der Waals surface area contributed by atoms with Gasteiger partial charge >= 0.3 is 6.03 Å². The maximum Gasteiger partial charge on any atom is 0.322 e. The molecule has 0 heterocycles. The fraction of sp³-hybridized carbons (Fsp3) is 0.125. The van der Waals surface area contributed by atoms with Gasteiger partial charge in [-0.05, 0) is 36.8 Å². The Bertz CT molecular complexity index is 715. The second-order valence-electron chi connectivity index (χ2n) is 4.80. The standard InChI is InChI=1S/C16H13ClF2N2O2/c1-9(10-5-7-11(17)8-6-10)20-16(23)21-15(22)14-12(18)3-2-4-13(14)19/h2-9H,1H3,(H2,20,21,22,23). The topological polar surface area (TPSA) is 58.2 Å². The van der Waals surface area contributed by atoms with Crippen molar-refractivity contribution in [1.29, 1.82) is 0 Å². The first-order valence-corrected chi connectivity index (χ1v) is 7.07. The Morgan fingerprint density at radius 1 is 1.04 bits per heavy atom. The molecule has 0 bridgehead atoms. The van der Waals surface area contributed by atoms with E-state index in [-0.39, 0.29) is 0 Å². The molecule has 2 N–H and O–H groups in total. The summed E-state index contributed by atoms with van der Waals surface area (Å²) < 4.78 is 26.9. The molecule has 1 unspecified atom stereocenters. The van der Waals surface area contributed by atoms with E-state index in [1.54, 1.807) is 31.2 Å². The molecule has 3 amide bonds. The van der Waals surface area contributed by atoms with Gasteiger partial charge in [-0.15, -0.1) is 0 Å². The molecular weight excluding hydrogens is 326 g/mol. The molecule has 7 heteroatoms. The van der Waals surface area contributed by atoms with E-state index in [0.29, 0.717) is 5.02 Å². The van der Waals surface area contributed by atoms with E-state index in [0.717, 1.165) is 23.8 Å². The van der Waals surface area contributed by atoms with E-state index in [9.17, 15) is 18.4 Å². The van der Waals surface area contributed by atoms with Gasteiger partial charge in [0.05, 0.1) is 6.04 Å². The second kappa shape index (κ2) is 7.19. The molecule has 2 rings (SSSR count). The molecule has 2 aromatic carbocycles. The van der Waals surface area contributed by atoms with E-state index in [1.807, 2.05) is 5.32 Å². The normalized spacial score (nSPS) is 11.7. The van der Waals surface area contributed by atoms with Crippen LogP contribution in [0.15, 0.2) is 42.5 Å². The third kappa shape index (κ3) is 4.26. The predicted molar refractivity (Wildman–Crippen MR) is 82.2 cm³/mol. The highest BCUT2D eigenvalue weighted by Gasteiger charge is 2.20. The van der Waals surface area contributed by atoms with Gasteiger partial charge in [0.25, 0.3) is 5.91 Å². The highest BCUT2D eigenvalue weighted by Crippen LogP contribution is 2.16. The molecule has 2 aromatic rings. The number of imide groups is 1. The highest BCUT2D eigenvalue weighted by atomic mass is 35.5. The molecule has 0 aliphatic carbocycles. The highest BCUT2D eigenvalue weighted by molar-refractivity contribution is 6.30. The molecule has 0 radical (unpaired) electrons. The van der Waals surface area contributed by atoms with Crippen LogP contribution in [-0.2, 0) is 0 Å². The van der Waals surface area contributed by atoms with Crippen LogP contribution in [0.5, 0.6) is 0 Å². The van der Waals surface area contributed by atoms with Gasteiger partial charge in [-0.25, -0.2) is 13.6 Å². The Morgan fingerprint density at radius 2 is 1.61 bits per heavy atom. The number of halogens is 3. The van der Waals surface area contributed by atoms with Gasteiger partial charge in [0.2, 0.25) is 0 Å². The summed E-state index contributed by atoms with van der Waals surface area (Å²) in [4.78, 5) is 23.6. The monoisotopic (exact) mass is 338 g/mol. The van der Waals surface area contributed by atoms with Gasteiger partial charge in [-0.1, -0.05) is 29.8 Å².